The van der Waals surface area contributed by atoms with E-state index in [0.717, 1.165) is 29.0 Å². The molecule has 0 aliphatic rings. The summed E-state index contributed by atoms with van der Waals surface area (Å²) < 4.78 is 0. The molecule has 0 saturated carbocycles. The van der Waals surface area contributed by atoms with Crippen molar-refractivity contribution in [2.24, 2.45) is 5.73 Å². The van der Waals surface area contributed by atoms with Crippen LogP contribution in [0.15, 0.2) is 18.2 Å². The third-order valence-electron chi connectivity index (χ3n) is 2.80. The quantitative estimate of drug-likeness (QED) is 0.754. The standard InChI is InChI=1S/C13H20N4/c1-8(2)15-7-11(14)10-4-5-12-13(6-10)17-9(3)16-12/h4-6,8,11,15H,7,14H2,1-3H3,(H,16,17). The van der Waals surface area contributed by atoms with E-state index in [-0.39, 0.29) is 6.04 Å². The number of hydrogen-bond donors (Lipinski definition) is 3. The molecule has 17 heavy (non-hydrogen) atoms. The van der Waals surface area contributed by atoms with E-state index in [4.69, 9.17) is 5.73 Å². The van der Waals surface area contributed by atoms with Crippen LogP contribution < -0.4 is 11.1 Å². The Balaban J connectivity index is 2.17. The molecule has 0 amide bonds. The number of hydrogen-bond acceptors (Lipinski definition) is 3. The summed E-state index contributed by atoms with van der Waals surface area (Å²) in [6.45, 7) is 6.98. The van der Waals surface area contributed by atoms with Crippen LogP contribution in [0.1, 0.15) is 31.3 Å². The first-order valence-electron chi connectivity index (χ1n) is 6.01. The van der Waals surface area contributed by atoms with E-state index in [1.807, 2.05) is 13.0 Å². The molecule has 0 aliphatic carbocycles. The maximum atomic E-state index is 6.14. The van der Waals surface area contributed by atoms with E-state index in [2.05, 4.69) is 41.3 Å². The van der Waals surface area contributed by atoms with Crippen LogP contribution in [-0.4, -0.2) is 22.6 Å². The highest BCUT2D eigenvalue weighted by Crippen LogP contribution is 2.17. The summed E-state index contributed by atoms with van der Waals surface area (Å²) in [5.41, 5.74) is 9.33. The Bertz CT molecular complexity index is 501. The number of aryl methyl sites for hydroxylation is 1. The fourth-order valence-corrected chi connectivity index (χ4v) is 1.87. The van der Waals surface area contributed by atoms with Gasteiger partial charge in [0.2, 0.25) is 0 Å². The van der Waals surface area contributed by atoms with Crippen LogP contribution >= 0.6 is 0 Å². The number of nitrogens with two attached hydrogens (primary N) is 1. The molecule has 4 nitrogen and oxygen atoms in total. The molecule has 92 valence electrons. The van der Waals surface area contributed by atoms with Crippen LogP contribution in [0.2, 0.25) is 0 Å². The number of aromatic nitrogens is 2. The molecule has 2 aromatic rings. The minimum absolute atomic E-state index is 0.0189. The fraction of sp³-hybridized carbons (Fsp3) is 0.462. The van der Waals surface area contributed by atoms with Crippen molar-refractivity contribution in [3.63, 3.8) is 0 Å². The SMILES string of the molecule is Cc1nc2ccc(C(N)CNC(C)C)cc2[nH]1. The highest BCUT2D eigenvalue weighted by atomic mass is 14.9. The molecule has 0 spiro atoms. The molecule has 0 aliphatic heterocycles. The second-order valence-corrected chi connectivity index (χ2v) is 4.77. The van der Waals surface area contributed by atoms with Gasteiger partial charge in [0.1, 0.15) is 5.82 Å². The first-order valence-corrected chi connectivity index (χ1v) is 6.01. The van der Waals surface area contributed by atoms with Crippen LogP contribution in [0.4, 0.5) is 0 Å². The molecule has 0 saturated heterocycles. The normalized spacial score (nSPS) is 13.5. The molecule has 4 heteroatoms. The van der Waals surface area contributed by atoms with Crippen LogP contribution in [0.5, 0.6) is 0 Å². The molecule has 1 aromatic carbocycles. The summed E-state index contributed by atoms with van der Waals surface area (Å²) in [4.78, 5) is 7.61. The number of fused-ring (bicyclic) bond motifs is 1. The third-order valence-corrected chi connectivity index (χ3v) is 2.80. The van der Waals surface area contributed by atoms with Crippen molar-refractivity contribution in [1.82, 2.24) is 15.3 Å². The van der Waals surface area contributed by atoms with Crippen molar-refractivity contribution in [3.8, 4) is 0 Å². The first-order chi connectivity index (χ1) is 8.06. The predicted molar refractivity (Wildman–Crippen MR) is 70.9 cm³/mol. The Hall–Kier alpha value is -1.39. The van der Waals surface area contributed by atoms with Crippen molar-refractivity contribution in [2.75, 3.05) is 6.54 Å². The number of H-pyrrole nitrogens is 1. The summed E-state index contributed by atoms with van der Waals surface area (Å²) in [5.74, 6) is 0.936. The predicted octanol–water partition coefficient (Wildman–Crippen LogP) is 1.87. The van der Waals surface area contributed by atoms with Gasteiger partial charge < -0.3 is 16.0 Å². The van der Waals surface area contributed by atoms with Gasteiger partial charge >= 0.3 is 0 Å². The highest BCUT2D eigenvalue weighted by Gasteiger charge is 2.08. The lowest BCUT2D eigenvalue weighted by Crippen LogP contribution is -2.31. The Labute approximate surface area is 102 Å². The highest BCUT2D eigenvalue weighted by molar-refractivity contribution is 5.75. The molecule has 1 atom stereocenters. The molecule has 4 N–H and O–H groups in total. The van der Waals surface area contributed by atoms with E-state index >= 15 is 0 Å². The fourth-order valence-electron chi connectivity index (χ4n) is 1.87. The summed E-state index contributed by atoms with van der Waals surface area (Å²) in [6.07, 6.45) is 0. The maximum Gasteiger partial charge on any atom is 0.104 e. The van der Waals surface area contributed by atoms with Gasteiger partial charge in [-0.05, 0) is 24.6 Å². The van der Waals surface area contributed by atoms with E-state index in [9.17, 15) is 0 Å². The van der Waals surface area contributed by atoms with E-state index < -0.39 is 0 Å². The Kier molecular flexibility index (Phi) is 3.45. The van der Waals surface area contributed by atoms with Gasteiger partial charge in [0.25, 0.3) is 0 Å². The van der Waals surface area contributed by atoms with Gasteiger partial charge in [-0.3, -0.25) is 0 Å². The summed E-state index contributed by atoms with van der Waals surface area (Å²) in [6, 6.07) is 6.63. The van der Waals surface area contributed by atoms with Crippen molar-refractivity contribution in [3.05, 3.63) is 29.6 Å². The number of nitrogens with one attached hydrogen (secondary N) is 2. The van der Waals surface area contributed by atoms with Gasteiger partial charge in [0.05, 0.1) is 11.0 Å². The minimum Gasteiger partial charge on any atom is -0.342 e. The van der Waals surface area contributed by atoms with Gasteiger partial charge in [-0.2, -0.15) is 0 Å². The van der Waals surface area contributed by atoms with Crippen molar-refractivity contribution < 1.29 is 0 Å². The molecular weight excluding hydrogens is 212 g/mol. The zero-order chi connectivity index (χ0) is 12.4. The molecule has 1 heterocycles. The van der Waals surface area contributed by atoms with Gasteiger partial charge in [0, 0.05) is 18.6 Å². The van der Waals surface area contributed by atoms with Crippen LogP contribution in [-0.2, 0) is 0 Å². The molecule has 0 bridgehead atoms. The van der Waals surface area contributed by atoms with Gasteiger partial charge in [-0.25, -0.2) is 4.98 Å². The Morgan fingerprint density at radius 2 is 2.18 bits per heavy atom. The number of benzene rings is 1. The molecule has 1 unspecified atom stereocenters. The number of rotatable bonds is 4. The molecular formula is C13H20N4. The van der Waals surface area contributed by atoms with E-state index in [0.29, 0.717) is 6.04 Å². The largest absolute Gasteiger partial charge is 0.342 e. The number of imidazole rings is 1. The second-order valence-electron chi connectivity index (χ2n) is 4.77. The van der Waals surface area contributed by atoms with E-state index in [1.165, 1.54) is 0 Å². The zero-order valence-corrected chi connectivity index (χ0v) is 10.6. The molecule has 0 fully saturated rings. The number of aromatic amines is 1. The Morgan fingerprint density at radius 1 is 1.41 bits per heavy atom. The average Bonchev–Trinajstić information content (AvgIpc) is 2.64. The van der Waals surface area contributed by atoms with Crippen LogP contribution in [0, 0.1) is 6.92 Å². The lowest BCUT2D eigenvalue weighted by Gasteiger charge is -2.15. The second kappa shape index (κ2) is 4.85. The van der Waals surface area contributed by atoms with Crippen molar-refractivity contribution in [2.45, 2.75) is 32.9 Å². The topological polar surface area (TPSA) is 66.7 Å². The van der Waals surface area contributed by atoms with Crippen LogP contribution in [0.3, 0.4) is 0 Å². The van der Waals surface area contributed by atoms with Crippen LogP contribution in [0.25, 0.3) is 11.0 Å². The zero-order valence-electron chi connectivity index (χ0n) is 10.6. The molecule has 2 rings (SSSR count). The van der Waals surface area contributed by atoms with Crippen molar-refractivity contribution >= 4 is 11.0 Å². The average molecular weight is 232 g/mol. The molecule has 1 aromatic heterocycles. The minimum atomic E-state index is 0.0189. The summed E-state index contributed by atoms with van der Waals surface area (Å²) in [7, 11) is 0. The summed E-state index contributed by atoms with van der Waals surface area (Å²) >= 11 is 0. The Morgan fingerprint density at radius 3 is 2.88 bits per heavy atom. The number of nitrogens with zero attached hydrogens (tertiary/aromatic N) is 1. The van der Waals surface area contributed by atoms with E-state index in [1.54, 1.807) is 0 Å². The van der Waals surface area contributed by atoms with Gasteiger partial charge in [-0.15, -0.1) is 0 Å². The lowest BCUT2D eigenvalue weighted by molar-refractivity contribution is 0.538. The lowest BCUT2D eigenvalue weighted by atomic mass is 10.1. The van der Waals surface area contributed by atoms with Crippen molar-refractivity contribution in [1.29, 1.82) is 0 Å². The van der Waals surface area contributed by atoms with Gasteiger partial charge in [-0.1, -0.05) is 19.9 Å². The molecule has 0 radical (unpaired) electrons. The van der Waals surface area contributed by atoms with Gasteiger partial charge in [0.15, 0.2) is 0 Å². The summed E-state index contributed by atoms with van der Waals surface area (Å²) in [5, 5.41) is 3.35. The monoisotopic (exact) mass is 232 g/mol. The smallest absolute Gasteiger partial charge is 0.104 e. The maximum absolute atomic E-state index is 6.14. The third kappa shape index (κ3) is 2.84. The first kappa shape index (κ1) is 12.1.